The Morgan fingerprint density at radius 3 is 2.67 bits per heavy atom. The van der Waals surface area contributed by atoms with Gasteiger partial charge in [-0.25, -0.2) is 0 Å². The number of rotatable bonds is 6. The lowest BCUT2D eigenvalue weighted by Crippen LogP contribution is -2.14. The van der Waals surface area contributed by atoms with E-state index >= 15 is 0 Å². The Labute approximate surface area is 126 Å². The van der Waals surface area contributed by atoms with Gasteiger partial charge in [0.2, 0.25) is 0 Å². The molecular formula is C14H14ClNO5. The number of nitro groups is 1. The first-order chi connectivity index (χ1) is 9.79. The molecule has 0 spiro atoms. The van der Waals surface area contributed by atoms with Gasteiger partial charge in [-0.15, -0.1) is 0 Å². The van der Waals surface area contributed by atoms with Crippen LogP contribution in [0.15, 0.2) is 24.3 Å². The van der Waals surface area contributed by atoms with E-state index in [0.717, 1.165) is 0 Å². The summed E-state index contributed by atoms with van der Waals surface area (Å²) in [4.78, 5) is 32.9. The van der Waals surface area contributed by atoms with Crippen molar-refractivity contribution in [3.8, 4) is 0 Å². The number of allylic oxidation sites excluding steroid dienone is 1. The normalized spacial score (nSPS) is 10.9. The average molecular weight is 312 g/mol. The molecule has 112 valence electrons. The molecule has 0 aliphatic carbocycles. The van der Waals surface area contributed by atoms with Crippen LogP contribution in [0.1, 0.15) is 25.8 Å². The zero-order valence-electron chi connectivity index (χ0n) is 11.5. The minimum Gasteiger partial charge on any atom is -0.463 e. The van der Waals surface area contributed by atoms with Crippen molar-refractivity contribution in [1.82, 2.24) is 0 Å². The van der Waals surface area contributed by atoms with E-state index in [4.69, 9.17) is 16.3 Å². The third kappa shape index (κ3) is 5.74. The predicted molar refractivity (Wildman–Crippen MR) is 78.0 cm³/mol. The summed E-state index contributed by atoms with van der Waals surface area (Å²) in [5.74, 6) is -1.06. The molecule has 0 aliphatic rings. The molecule has 21 heavy (non-hydrogen) atoms. The second kappa shape index (κ2) is 7.54. The van der Waals surface area contributed by atoms with E-state index in [-0.39, 0.29) is 23.2 Å². The molecule has 0 saturated heterocycles. The van der Waals surface area contributed by atoms with E-state index in [1.165, 1.54) is 30.4 Å². The number of esters is 1. The summed E-state index contributed by atoms with van der Waals surface area (Å²) in [6, 6.07) is 4.15. The Balaban J connectivity index is 2.72. The van der Waals surface area contributed by atoms with Crippen molar-refractivity contribution in [2.24, 2.45) is 0 Å². The summed E-state index contributed by atoms with van der Waals surface area (Å²) in [6.45, 7) is 3.37. The van der Waals surface area contributed by atoms with Crippen LogP contribution in [0.3, 0.4) is 0 Å². The van der Waals surface area contributed by atoms with E-state index in [0.29, 0.717) is 5.56 Å². The molecule has 0 heterocycles. The summed E-state index contributed by atoms with van der Waals surface area (Å²) in [6.07, 6.45) is 1.90. The standard InChI is InChI=1S/C14H14ClNO5/c1-9(2)21-14(18)8-11(17)5-3-10-4-6-12(15)13(7-10)16(19)20/h3-7,9H,8H2,1-2H3. The third-order valence-electron chi connectivity index (χ3n) is 2.31. The molecule has 0 fully saturated rings. The van der Waals surface area contributed by atoms with Crippen molar-refractivity contribution in [2.45, 2.75) is 26.4 Å². The highest BCUT2D eigenvalue weighted by Gasteiger charge is 2.12. The second-order valence-corrected chi connectivity index (χ2v) is 4.89. The van der Waals surface area contributed by atoms with Crippen molar-refractivity contribution in [3.05, 3.63) is 45.0 Å². The lowest BCUT2D eigenvalue weighted by molar-refractivity contribution is -0.384. The fourth-order valence-electron chi connectivity index (χ4n) is 1.47. The lowest BCUT2D eigenvalue weighted by Gasteiger charge is -2.05. The number of hydrogen-bond acceptors (Lipinski definition) is 5. The molecule has 1 aromatic rings. The fourth-order valence-corrected chi connectivity index (χ4v) is 1.65. The summed E-state index contributed by atoms with van der Waals surface area (Å²) in [5, 5.41) is 10.7. The molecule has 1 rings (SSSR count). The SMILES string of the molecule is CC(C)OC(=O)CC(=O)C=Cc1ccc(Cl)c([N+](=O)[O-])c1. The predicted octanol–water partition coefficient (Wildman–Crippen LogP) is 3.17. The maximum atomic E-state index is 11.5. The Hall–Kier alpha value is -2.21. The van der Waals surface area contributed by atoms with E-state index < -0.39 is 16.7 Å². The highest BCUT2D eigenvalue weighted by molar-refractivity contribution is 6.32. The van der Waals surface area contributed by atoms with Gasteiger partial charge in [0.1, 0.15) is 11.4 Å². The van der Waals surface area contributed by atoms with Crippen LogP contribution in [0.2, 0.25) is 5.02 Å². The van der Waals surface area contributed by atoms with Gasteiger partial charge >= 0.3 is 5.97 Å². The first kappa shape index (κ1) is 16.8. The van der Waals surface area contributed by atoms with Crippen LogP contribution in [0.5, 0.6) is 0 Å². The van der Waals surface area contributed by atoms with Gasteiger partial charge in [-0.1, -0.05) is 23.7 Å². The van der Waals surface area contributed by atoms with Gasteiger partial charge < -0.3 is 4.74 Å². The molecule has 6 nitrogen and oxygen atoms in total. The quantitative estimate of drug-likeness (QED) is 0.265. The average Bonchev–Trinajstić information content (AvgIpc) is 2.36. The molecule has 0 amide bonds. The van der Waals surface area contributed by atoms with E-state index in [1.54, 1.807) is 13.8 Å². The number of hydrogen-bond donors (Lipinski definition) is 0. The summed E-state index contributed by atoms with van der Waals surface area (Å²) >= 11 is 5.68. The minimum atomic E-state index is -0.610. The van der Waals surface area contributed by atoms with E-state index in [9.17, 15) is 19.7 Å². The summed E-state index contributed by atoms with van der Waals surface area (Å²) < 4.78 is 4.84. The van der Waals surface area contributed by atoms with Crippen LogP contribution in [0.4, 0.5) is 5.69 Å². The van der Waals surface area contributed by atoms with Crippen LogP contribution in [-0.2, 0) is 14.3 Å². The van der Waals surface area contributed by atoms with Gasteiger partial charge in [0, 0.05) is 6.07 Å². The first-order valence-electron chi connectivity index (χ1n) is 6.14. The van der Waals surface area contributed by atoms with Crippen molar-refractivity contribution >= 4 is 35.1 Å². The van der Waals surface area contributed by atoms with Gasteiger partial charge in [-0.3, -0.25) is 19.7 Å². The zero-order valence-corrected chi connectivity index (χ0v) is 12.3. The number of ketones is 1. The first-order valence-corrected chi connectivity index (χ1v) is 6.51. The highest BCUT2D eigenvalue weighted by Crippen LogP contribution is 2.25. The largest absolute Gasteiger partial charge is 0.463 e. The fraction of sp³-hybridized carbons (Fsp3) is 0.286. The molecule has 0 aliphatic heterocycles. The van der Waals surface area contributed by atoms with Gasteiger partial charge in [0.25, 0.3) is 5.69 Å². The smallest absolute Gasteiger partial charge is 0.313 e. The molecule has 0 aromatic heterocycles. The van der Waals surface area contributed by atoms with Crippen LogP contribution in [0, 0.1) is 10.1 Å². The van der Waals surface area contributed by atoms with Crippen molar-refractivity contribution in [2.75, 3.05) is 0 Å². The van der Waals surface area contributed by atoms with Crippen molar-refractivity contribution < 1.29 is 19.2 Å². The number of carbonyl (C=O) groups is 2. The van der Waals surface area contributed by atoms with Gasteiger partial charge in [-0.05, 0) is 31.6 Å². The summed E-state index contributed by atoms with van der Waals surface area (Å²) in [5.41, 5.74) is 0.196. The monoisotopic (exact) mass is 311 g/mol. The van der Waals surface area contributed by atoms with Crippen LogP contribution in [0.25, 0.3) is 6.08 Å². The topological polar surface area (TPSA) is 86.5 Å². The lowest BCUT2D eigenvalue weighted by atomic mass is 10.1. The highest BCUT2D eigenvalue weighted by atomic mass is 35.5. The van der Waals surface area contributed by atoms with Gasteiger partial charge in [-0.2, -0.15) is 0 Å². The zero-order chi connectivity index (χ0) is 16.0. The van der Waals surface area contributed by atoms with Crippen LogP contribution >= 0.6 is 11.6 Å². The molecule has 0 saturated carbocycles. The molecule has 0 radical (unpaired) electrons. The number of nitro benzene ring substituents is 1. The van der Waals surface area contributed by atoms with Crippen LogP contribution in [-0.4, -0.2) is 22.8 Å². The third-order valence-corrected chi connectivity index (χ3v) is 2.63. The van der Waals surface area contributed by atoms with Crippen molar-refractivity contribution in [3.63, 3.8) is 0 Å². The number of halogens is 1. The Bertz CT molecular complexity index is 595. The number of ether oxygens (including phenoxy) is 1. The molecular weight excluding hydrogens is 298 g/mol. The molecule has 0 unspecified atom stereocenters. The Morgan fingerprint density at radius 2 is 2.10 bits per heavy atom. The number of nitrogens with zero attached hydrogens (tertiary/aromatic N) is 1. The second-order valence-electron chi connectivity index (χ2n) is 4.48. The maximum Gasteiger partial charge on any atom is 0.313 e. The summed E-state index contributed by atoms with van der Waals surface area (Å²) in [7, 11) is 0. The number of carbonyl (C=O) groups excluding carboxylic acids is 2. The maximum absolute atomic E-state index is 11.5. The molecule has 7 heteroatoms. The van der Waals surface area contributed by atoms with Gasteiger partial charge in [0.15, 0.2) is 5.78 Å². The van der Waals surface area contributed by atoms with Crippen LogP contribution < -0.4 is 0 Å². The van der Waals surface area contributed by atoms with Crippen molar-refractivity contribution in [1.29, 1.82) is 0 Å². The number of benzene rings is 1. The molecule has 0 bridgehead atoms. The Kier molecular flexibility index (Phi) is 6.05. The molecule has 0 atom stereocenters. The van der Waals surface area contributed by atoms with E-state index in [1.807, 2.05) is 0 Å². The van der Waals surface area contributed by atoms with E-state index in [2.05, 4.69) is 0 Å². The minimum absolute atomic E-state index is 0.0176. The molecule has 0 N–H and O–H groups in total. The molecule has 1 aromatic carbocycles. The Morgan fingerprint density at radius 1 is 1.43 bits per heavy atom. The van der Waals surface area contributed by atoms with Gasteiger partial charge in [0.05, 0.1) is 11.0 Å².